The molecule has 1 aliphatic heterocycles. The normalized spacial score (nSPS) is 16.5. The fourth-order valence-electron chi connectivity index (χ4n) is 3.97. The van der Waals surface area contributed by atoms with E-state index in [0.717, 1.165) is 36.3 Å². The SMILES string of the molecule is Nc1cc(Cc2ccn(Cc3cc([C@@H]4CCNC4)cc(F)c3F)n2)c2n[nH]nc2n1. The minimum atomic E-state index is -0.826. The number of hydrogen-bond donors (Lipinski definition) is 3. The zero-order chi connectivity index (χ0) is 20.7. The number of aromatic nitrogens is 6. The number of aromatic amines is 1. The van der Waals surface area contributed by atoms with Crippen LogP contribution in [0.3, 0.4) is 0 Å². The summed E-state index contributed by atoms with van der Waals surface area (Å²) in [5.74, 6) is -1.09. The van der Waals surface area contributed by atoms with Gasteiger partial charge in [-0.2, -0.15) is 15.4 Å². The van der Waals surface area contributed by atoms with Crippen LogP contribution in [0.5, 0.6) is 0 Å². The predicted molar refractivity (Wildman–Crippen MR) is 107 cm³/mol. The van der Waals surface area contributed by atoms with Crippen LogP contribution in [0.15, 0.2) is 30.5 Å². The maximum absolute atomic E-state index is 14.4. The molecule has 1 atom stereocenters. The lowest BCUT2D eigenvalue weighted by molar-refractivity contribution is 0.488. The number of hydrogen-bond acceptors (Lipinski definition) is 6. The number of pyridine rings is 1. The molecule has 1 aliphatic rings. The molecule has 0 bridgehead atoms. The maximum Gasteiger partial charge on any atom is 0.203 e. The topological polar surface area (TPSA) is 110 Å². The van der Waals surface area contributed by atoms with Crippen LogP contribution in [0.25, 0.3) is 11.2 Å². The predicted octanol–water partition coefficient (Wildman–Crippen LogP) is 2.13. The Balaban J connectivity index is 1.39. The molecule has 8 nitrogen and oxygen atoms in total. The summed E-state index contributed by atoms with van der Waals surface area (Å²) in [4.78, 5) is 4.12. The molecule has 1 saturated heterocycles. The van der Waals surface area contributed by atoms with E-state index in [-0.39, 0.29) is 12.5 Å². The second-order valence-corrected chi connectivity index (χ2v) is 7.55. The van der Waals surface area contributed by atoms with Gasteiger partial charge >= 0.3 is 0 Å². The Morgan fingerprint density at radius 3 is 2.90 bits per heavy atom. The Bertz CT molecular complexity index is 1210. The van der Waals surface area contributed by atoms with Crippen molar-refractivity contribution in [2.24, 2.45) is 0 Å². The van der Waals surface area contributed by atoms with Crippen LogP contribution < -0.4 is 11.1 Å². The minimum absolute atomic E-state index is 0.147. The van der Waals surface area contributed by atoms with Crippen LogP contribution in [0.2, 0.25) is 0 Å². The van der Waals surface area contributed by atoms with Gasteiger partial charge in [-0.1, -0.05) is 6.07 Å². The smallest absolute Gasteiger partial charge is 0.203 e. The first kappa shape index (κ1) is 18.6. The fourth-order valence-corrected chi connectivity index (χ4v) is 3.97. The second-order valence-electron chi connectivity index (χ2n) is 7.55. The molecule has 5 rings (SSSR count). The van der Waals surface area contributed by atoms with Gasteiger partial charge in [-0.15, -0.1) is 5.10 Å². The van der Waals surface area contributed by atoms with E-state index in [1.54, 1.807) is 23.0 Å². The Morgan fingerprint density at radius 2 is 2.07 bits per heavy atom. The van der Waals surface area contributed by atoms with E-state index >= 15 is 0 Å². The van der Waals surface area contributed by atoms with Crippen molar-refractivity contribution in [1.29, 1.82) is 0 Å². The summed E-state index contributed by atoms with van der Waals surface area (Å²) in [6, 6.07) is 6.63. The summed E-state index contributed by atoms with van der Waals surface area (Å²) in [6.07, 6.45) is 3.14. The van der Waals surface area contributed by atoms with E-state index in [2.05, 4.69) is 30.8 Å². The van der Waals surface area contributed by atoms with Gasteiger partial charge in [0.25, 0.3) is 0 Å². The van der Waals surface area contributed by atoms with Crippen LogP contribution in [0.4, 0.5) is 14.6 Å². The number of rotatable bonds is 5. The zero-order valence-electron chi connectivity index (χ0n) is 16.1. The molecule has 4 heterocycles. The summed E-state index contributed by atoms with van der Waals surface area (Å²) >= 11 is 0. The summed E-state index contributed by atoms with van der Waals surface area (Å²) in [7, 11) is 0. The van der Waals surface area contributed by atoms with Gasteiger partial charge in [-0.25, -0.2) is 13.8 Å². The molecule has 154 valence electrons. The minimum Gasteiger partial charge on any atom is -0.384 e. The standard InChI is InChI=1S/C20H20F2N8/c21-16-7-12(11-1-3-24-9-11)5-14(18(16)22)10-30-4-2-15(28-30)6-13-8-17(23)25-20-19(13)26-29-27-20/h2,4-5,7-8,11,24H,1,3,6,9-10H2,(H3,23,25,26,27,29)/t11-/m1/s1. The summed E-state index contributed by atoms with van der Waals surface area (Å²) in [6.45, 7) is 1.82. The van der Waals surface area contributed by atoms with Crippen molar-refractivity contribution in [3.05, 3.63) is 64.5 Å². The Kier molecular flexibility index (Phi) is 4.62. The van der Waals surface area contributed by atoms with Crippen molar-refractivity contribution in [2.45, 2.75) is 25.3 Å². The molecule has 1 fully saturated rings. The lowest BCUT2D eigenvalue weighted by Crippen LogP contribution is -2.10. The highest BCUT2D eigenvalue weighted by molar-refractivity contribution is 5.75. The van der Waals surface area contributed by atoms with E-state index in [4.69, 9.17) is 5.73 Å². The molecular formula is C20H20F2N8. The molecule has 4 aromatic rings. The van der Waals surface area contributed by atoms with Crippen LogP contribution in [-0.4, -0.2) is 43.3 Å². The first-order valence-electron chi connectivity index (χ1n) is 9.73. The van der Waals surface area contributed by atoms with Crippen molar-refractivity contribution >= 4 is 17.0 Å². The van der Waals surface area contributed by atoms with Gasteiger partial charge in [0.2, 0.25) is 5.65 Å². The summed E-state index contributed by atoms with van der Waals surface area (Å²) in [5.41, 5.74) is 9.62. The van der Waals surface area contributed by atoms with Crippen LogP contribution in [0.1, 0.15) is 34.7 Å². The highest BCUT2D eigenvalue weighted by Crippen LogP contribution is 2.26. The Morgan fingerprint density at radius 1 is 1.17 bits per heavy atom. The van der Waals surface area contributed by atoms with Gasteiger partial charge < -0.3 is 11.1 Å². The molecule has 0 amide bonds. The van der Waals surface area contributed by atoms with Gasteiger partial charge in [0.05, 0.1) is 12.2 Å². The molecule has 0 unspecified atom stereocenters. The molecule has 4 N–H and O–H groups in total. The molecule has 10 heteroatoms. The van der Waals surface area contributed by atoms with E-state index in [9.17, 15) is 8.78 Å². The molecule has 0 aliphatic carbocycles. The number of halogens is 2. The molecule has 0 spiro atoms. The van der Waals surface area contributed by atoms with Crippen molar-refractivity contribution in [2.75, 3.05) is 18.8 Å². The van der Waals surface area contributed by atoms with E-state index in [1.807, 2.05) is 6.07 Å². The number of nitrogen functional groups attached to an aromatic ring is 1. The number of nitrogens with zero attached hydrogens (tertiary/aromatic N) is 5. The van der Waals surface area contributed by atoms with E-state index in [1.165, 1.54) is 6.07 Å². The Hall–Kier alpha value is -3.40. The van der Waals surface area contributed by atoms with Gasteiger partial charge in [-0.3, -0.25) is 4.68 Å². The van der Waals surface area contributed by atoms with Crippen LogP contribution in [-0.2, 0) is 13.0 Å². The third-order valence-electron chi connectivity index (χ3n) is 5.45. The fraction of sp³-hybridized carbons (Fsp3) is 0.300. The number of fused-ring (bicyclic) bond motifs is 1. The third kappa shape index (κ3) is 3.50. The largest absolute Gasteiger partial charge is 0.384 e. The second kappa shape index (κ2) is 7.45. The number of nitrogens with two attached hydrogens (primary N) is 1. The summed E-state index contributed by atoms with van der Waals surface area (Å²) < 4.78 is 30.2. The maximum atomic E-state index is 14.4. The molecular weight excluding hydrogens is 390 g/mol. The van der Waals surface area contributed by atoms with E-state index < -0.39 is 11.6 Å². The Labute approximate surface area is 170 Å². The highest BCUT2D eigenvalue weighted by Gasteiger charge is 2.21. The van der Waals surface area contributed by atoms with Gasteiger partial charge in [0.1, 0.15) is 11.3 Å². The van der Waals surface area contributed by atoms with Crippen LogP contribution >= 0.6 is 0 Å². The lowest BCUT2D eigenvalue weighted by Gasteiger charge is -2.13. The third-order valence-corrected chi connectivity index (χ3v) is 5.45. The number of H-pyrrole nitrogens is 1. The average Bonchev–Trinajstić information content (AvgIpc) is 3.47. The summed E-state index contributed by atoms with van der Waals surface area (Å²) in [5, 5.41) is 18.4. The van der Waals surface area contributed by atoms with E-state index in [0.29, 0.717) is 29.0 Å². The number of benzene rings is 1. The monoisotopic (exact) mass is 410 g/mol. The highest BCUT2D eigenvalue weighted by atomic mass is 19.2. The van der Waals surface area contributed by atoms with Crippen molar-refractivity contribution in [3.8, 4) is 0 Å². The van der Waals surface area contributed by atoms with Crippen molar-refractivity contribution in [1.82, 2.24) is 35.5 Å². The zero-order valence-corrected chi connectivity index (χ0v) is 16.1. The average molecular weight is 410 g/mol. The number of anilines is 1. The first-order chi connectivity index (χ1) is 14.6. The van der Waals surface area contributed by atoms with Gasteiger partial charge in [0, 0.05) is 24.7 Å². The van der Waals surface area contributed by atoms with Crippen LogP contribution in [0, 0.1) is 11.6 Å². The van der Waals surface area contributed by atoms with Gasteiger partial charge in [-0.05, 0) is 48.2 Å². The van der Waals surface area contributed by atoms with Crippen molar-refractivity contribution < 1.29 is 8.78 Å². The molecule has 3 aromatic heterocycles. The molecule has 0 radical (unpaired) electrons. The van der Waals surface area contributed by atoms with Gasteiger partial charge in [0.15, 0.2) is 11.6 Å². The quantitative estimate of drug-likeness (QED) is 0.465. The first-order valence-corrected chi connectivity index (χ1v) is 9.73. The molecule has 1 aromatic carbocycles. The van der Waals surface area contributed by atoms with Crippen molar-refractivity contribution in [3.63, 3.8) is 0 Å². The lowest BCUT2D eigenvalue weighted by atomic mass is 9.96. The number of nitrogens with one attached hydrogen (secondary N) is 2. The molecule has 0 saturated carbocycles. The molecule has 30 heavy (non-hydrogen) atoms.